The third-order valence-corrected chi connectivity index (χ3v) is 4.20. The Balaban J connectivity index is 1.64. The number of anilines is 1. The summed E-state index contributed by atoms with van der Waals surface area (Å²) >= 11 is 0. The Labute approximate surface area is 108 Å². The van der Waals surface area contributed by atoms with E-state index < -0.39 is 0 Å². The normalized spacial score (nSPS) is 21.4. The van der Waals surface area contributed by atoms with E-state index in [0.29, 0.717) is 5.92 Å². The van der Waals surface area contributed by atoms with E-state index in [4.69, 9.17) is 5.26 Å². The molecule has 94 valence electrons. The number of aromatic nitrogens is 2. The van der Waals surface area contributed by atoms with Crippen LogP contribution in [0.15, 0.2) is 12.1 Å². The summed E-state index contributed by atoms with van der Waals surface area (Å²) in [7, 11) is 0. The lowest BCUT2D eigenvalue weighted by Crippen LogP contribution is -2.34. The number of piperidine rings is 1. The fraction of sp³-hybridized carbons (Fsp3) is 0.643. The van der Waals surface area contributed by atoms with Crippen molar-refractivity contribution < 1.29 is 0 Å². The highest BCUT2D eigenvalue weighted by atomic mass is 15.3. The molecule has 1 saturated heterocycles. The second kappa shape index (κ2) is 4.93. The van der Waals surface area contributed by atoms with Crippen LogP contribution in [-0.4, -0.2) is 23.3 Å². The molecule has 1 aromatic heterocycles. The van der Waals surface area contributed by atoms with Crippen molar-refractivity contribution in [3.63, 3.8) is 0 Å². The van der Waals surface area contributed by atoms with Crippen LogP contribution in [0.25, 0.3) is 0 Å². The Morgan fingerprint density at radius 3 is 2.39 bits per heavy atom. The zero-order valence-electron chi connectivity index (χ0n) is 10.5. The van der Waals surface area contributed by atoms with Gasteiger partial charge in [0.2, 0.25) is 0 Å². The second-order valence-electron chi connectivity index (χ2n) is 5.33. The summed E-state index contributed by atoms with van der Waals surface area (Å²) in [4.78, 5) is 2.24. The quantitative estimate of drug-likeness (QED) is 0.799. The van der Waals surface area contributed by atoms with Gasteiger partial charge < -0.3 is 4.90 Å². The van der Waals surface area contributed by atoms with E-state index in [9.17, 15) is 0 Å². The summed E-state index contributed by atoms with van der Waals surface area (Å²) in [5.41, 5.74) is 1.15. The highest BCUT2D eigenvalue weighted by Gasteiger charge is 2.23. The zero-order chi connectivity index (χ0) is 12.4. The van der Waals surface area contributed by atoms with Gasteiger partial charge in [0.1, 0.15) is 0 Å². The summed E-state index contributed by atoms with van der Waals surface area (Å²) in [5, 5.41) is 17.6. The Morgan fingerprint density at radius 2 is 1.89 bits per heavy atom. The Hall–Kier alpha value is -1.63. The van der Waals surface area contributed by atoms with Crippen molar-refractivity contribution in [1.82, 2.24) is 10.2 Å². The van der Waals surface area contributed by atoms with Gasteiger partial charge in [0.05, 0.1) is 11.8 Å². The summed E-state index contributed by atoms with van der Waals surface area (Å²) in [6.45, 7) is 1.85. The lowest BCUT2D eigenvalue weighted by Gasteiger charge is -2.30. The van der Waals surface area contributed by atoms with Crippen LogP contribution in [0.4, 0.5) is 5.82 Å². The molecule has 0 unspecified atom stereocenters. The van der Waals surface area contributed by atoms with Crippen LogP contribution in [0.3, 0.4) is 0 Å². The second-order valence-corrected chi connectivity index (χ2v) is 5.33. The molecule has 2 fully saturated rings. The molecule has 4 heteroatoms. The summed E-state index contributed by atoms with van der Waals surface area (Å²) in [6.07, 6.45) is 5.75. The predicted molar refractivity (Wildman–Crippen MR) is 69.2 cm³/mol. The molecule has 1 saturated carbocycles. The third kappa shape index (κ3) is 2.17. The summed E-state index contributed by atoms with van der Waals surface area (Å²) in [5.74, 6) is 1.84. The molecule has 0 bridgehead atoms. The van der Waals surface area contributed by atoms with Crippen LogP contribution >= 0.6 is 0 Å². The number of rotatable bonds is 2. The molecule has 1 aromatic rings. The SMILES string of the molecule is N#CC1CCN(c2ccc(C3CCC3)nn2)CC1. The average molecular weight is 242 g/mol. The summed E-state index contributed by atoms with van der Waals surface area (Å²) < 4.78 is 0. The van der Waals surface area contributed by atoms with Gasteiger partial charge in [0, 0.05) is 24.9 Å². The maximum absolute atomic E-state index is 8.88. The molecule has 18 heavy (non-hydrogen) atoms. The van der Waals surface area contributed by atoms with Crippen molar-refractivity contribution in [2.45, 2.75) is 38.0 Å². The van der Waals surface area contributed by atoms with E-state index >= 15 is 0 Å². The van der Waals surface area contributed by atoms with Crippen molar-refractivity contribution in [2.24, 2.45) is 5.92 Å². The van der Waals surface area contributed by atoms with Crippen molar-refractivity contribution in [3.8, 4) is 6.07 Å². The van der Waals surface area contributed by atoms with E-state index in [1.807, 2.05) is 0 Å². The van der Waals surface area contributed by atoms with Gasteiger partial charge in [-0.3, -0.25) is 0 Å². The molecule has 1 aliphatic heterocycles. The van der Waals surface area contributed by atoms with Crippen LogP contribution in [0.2, 0.25) is 0 Å². The molecule has 2 aliphatic rings. The van der Waals surface area contributed by atoms with Gasteiger partial charge in [-0.25, -0.2) is 0 Å². The van der Waals surface area contributed by atoms with E-state index in [1.165, 1.54) is 19.3 Å². The monoisotopic (exact) mass is 242 g/mol. The minimum Gasteiger partial charge on any atom is -0.355 e. The van der Waals surface area contributed by atoms with Crippen LogP contribution in [0, 0.1) is 17.2 Å². The average Bonchev–Trinajstić information content (AvgIpc) is 2.38. The third-order valence-electron chi connectivity index (χ3n) is 4.20. The zero-order valence-corrected chi connectivity index (χ0v) is 10.5. The van der Waals surface area contributed by atoms with Gasteiger partial charge in [0.15, 0.2) is 5.82 Å². The van der Waals surface area contributed by atoms with Crippen molar-refractivity contribution >= 4 is 5.82 Å². The molecule has 0 amide bonds. The Morgan fingerprint density at radius 1 is 1.11 bits per heavy atom. The van der Waals surface area contributed by atoms with Gasteiger partial charge >= 0.3 is 0 Å². The lowest BCUT2D eigenvalue weighted by molar-refractivity contribution is 0.407. The van der Waals surface area contributed by atoms with Gasteiger partial charge in [-0.1, -0.05) is 6.42 Å². The van der Waals surface area contributed by atoms with Crippen LogP contribution in [0.5, 0.6) is 0 Å². The predicted octanol–water partition coefficient (Wildman–Crippen LogP) is 2.48. The molecule has 0 radical (unpaired) electrons. The number of nitriles is 1. The number of nitrogens with zero attached hydrogens (tertiary/aromatic N) is 4. The Kier molecular flexibility index (Phi) is 3.14. The first-order chi connectivity index (χ1) is 8.86. The maximum atomic E-state index is 8.88. The first-order valence-electron chi connectivity index (χ1n) is 6.85. The van der Waals surface area contributed by atoms with E-state index in [2.05, 4.69) is 33.3 Å². The molecule has 0 atom stereocenters. The lowest BCUT2D eigenvalue weighted by atomic mass is 9.83. The minimum atomic E-state index is 0.225. The van der Waals surface area contributed by atoms with Crippen molar-refractivity contribution in [3.05, 3.63) is 17.8 Å². The van der Waals surface area contributed by atoms with Gasteiger partial charge in [-0.05, 0) is 37.8 Å². The number of hydrogen-bond acceptors (Lipinski definition) is 4. The highest BCUT2D eigenvalue weighted by molar-refractivity contribution is 5.38. The van der Waals surface area contributed by atoms with E-state index in [-0.39, 0.29) is 5.92 Å². The minimum absolute atomic E-state index is 0.225. The summed E-state index contributed by atoms with van der Waals surface area (Å²) in [6, 6.07) is 6.57. The van der Waals surface area contributed by atoms with Gasteiger partial charge in [-0.15, -0.1) is 5.10 Å². The smallest absolute Gasteiger partial charge is 0.151 e. The highest BCUT2D eigenvalue weighted by Crippen LogP contribution is 2.35. The fourth-order valence-corrected chi connectivity index (χ4v) is 2.66. The standard InChI is InChI=1S/C14H18N4/c15-10-11-6-8-18(9-7-11)14-5-4-13(16-17-14)12-2-1-3-12/h4-5,11-12H,1-3,6-9H2. The maximum Gasteiger partial charge on any atom is 0.151 e. The topological polar surface area (TPSA) is 52.8 Å². The van der Waals surface area contributed by atoms with Crippen LogP contribution in [0.1, 0.15) is 43.7 Å². The first-order valence-corrected chi connectivity index (χ1v) is 6.85. The molecular formula is C14H18N4. The van der Waals surface area contributed by atoms with Gasteiger partial charge in [0.25, 0.3) is 0 Å². The number of hydrogen-bond donors (Lipinski definition) is 0. The molecule has 0 aromatic carbocycles. The molecule has 3 rings (SSSR count). The molecule has 2 heterocycles. The van der Waals surface area contributed by atoms with E-state index in [0.717, 1.165) is 37.4 Å². The molecule has 0 spiro atoms. The van der Waals surface area contributed by atoms with Crippen LogP contribution < -0.4 is 4.90 Å². The van der Waals surface area contributed by atoms with Gasteiger partial charge in [-0.2, -0.15) is 10.4 Å². The van der Waals surface area contributed by atoms with Crippen molar-refractivity contribution in [2.75, 3.05) is 18.0 Å². The van der Waals surface area contributed by atoms with Crippen molar-refractivity contribution in [1.29, 1.82) is 5.26 Å². The first kappa shape index (κ1) is 11.5. The van der Waals surface area contributed by atoms with Crippen LogP contribution in [-0.2, 0) is 0 Å². The molecule has 4 nitrogen and oxygen atoms in total. The molecule has 1 aliphatic carbocycles. The van der Waals surface area contributed by atoms with E-state index in [1.54, 1.807) is 0 Å². The fourth-order valence-electron chi connectivity index (χ4n) is 2.66. The molecular weight excluding hydrogens is 224 g/mol. The molecule has 0 N–H and O–H groups in total. The Bertz CT molecular complexity index is 436. The largest absolute Gasteiger partial charge is 0.355 e.